The third kappa shape index (κ3) is 3.56. The highest BCUT2D eigenvalue weighted by Crippen LogP contribution is 2.47. The van der Waals surface area contributed by atoms with Gasteiger partial charge in [-0.2, -0.15) is 0 Å². The van der Waals surface area contributed by atoms with Crippen molar-refractivity contribution in [3.63, 3.8) is 0 Å². The maximum absolute atomic E-state index is 13.1. The van der Waals surface area contributed by atoms with Crippen LogP contribution in [0.2, 0.25) is 0 Å². The van der Waals surface area contributed by atoms with E-state index in [2.05, 4.69) is 25.9 Å². The fourth-order valence-corrected chi connectivity index (χ4v) is 3.50. The molecule has 1 nitrogen and oxygen atoms in total. The quantitative estimate of drug-likeness (QED) is 0.776. The summed E-state index contributed by atoms with van der Waals surface area (Å²) in [5.41, 5.74) is 1.65. The number of hydrogen-bond donors (Lipinski definition) is 0. The van der Waals surface area contributed by atoms with Gasteiger partial charge in [0.2, 0.25) is 0 Å². The van der Waals surface area contributed by atoms with E-state index in [0.29, 0.717) is 11.3 Å². The Morgan fingerprint density at radius 1 is 1.11 bits per heavy atom. The molecule has 1 aliphatic rings. The Bertz CT molecular complexity index is 390. The zero-order valence-electron chi connectivity index (χ0n) is 12.5. The third-order valence-electron chi connectivity index (χ3n) is 4.66. The molecular formula is C17H26FN. The van der Waals surface area contributed by atoms with Crippen molar-refractivity contribution in [2.45, 2.75) is 44.9 Å². The van der Waals surface area contributed by atoms with Gasteiger partial charge in [-0.15, -0.1) is 0 Å². The Balaban J connectivity index is 2.26. The Hall–Kier alpha value is -0.890. The van der Waals surface area contributed by atoms with Crippen LogP contribution < -0.4 is 0 Å². The number of halogens is 1. The zero-order valence-corrected chi connectivity index (χ0v) is 12.5. The molecule has 0 amide bonds. The molecule has 1 unspecified atom stereocenters. The van der Waals surface area contributed by atoms with E-state index in [4.69, 9.17) is 0 Å². The molecule has 19 heavy (non-hydrogen) atoms. The summed E-state index contributed by atoms with van der Waals surface area (Å²) in [7, 11) is 4.26. The van der Waals surface area contributed by atoms with Gasteiger partial charge in [0.25, 0.3) is 0 Å². The zero-order chi connectivity index (χ0) is 13.9. The minimum Gasteiger partial charge on any atom is -0.309 e. The van der Waals surface area contributed by atoms with Gasteiger partial charge in [0.05, 0.1) is 0 Å². The van der Waals surface area contributed by atoms with Crippen LogP contribution in [0.1, 0.15) is 50.5 Å². The van der Waals surface area contributed by atoms with Crippen molar-refractivity contribution in [3.05, 3.63) is 35.6 Å². The van der Waals surface area contributed by atoms with Crippen molar-refractivity contribution >= 4 is 0 Å². The second-order valence-corrected chi connectivity index (χ2v) is 6.58. The van der Waals surface area contributed by atoms with Crippen LogP contribution in [0, 0.1) is 11.2 Å². The van der Waals surface area contributed by atoms with Gasteiger partial charge in [0.15, 0.2) is 0 Å². The van der Waals surface area contributed by atoms with Crippen LogP contribution in [0.3, 0.4) is 0 Å². The lowest BCUT2D eigenvalue weighted by Gasteiger charge is -2.42. The molecule has 0 bridgehead atoms. The van der Waals surface area contributed by atoms with E-state index < -0.39 is 0 Å². The Morgan fingerprint density at radius 2 is 1.68 bits per heavy atom. The van der Waals surface area contributed by atoms with Gasteiger partial charge in [-0.1, -0.05) is 38.3 Å². The highest BCUT2D eigenvalue weighted by atomic mass is 19.1. The molecular weight excluding hydrogens is 237 g/mol. The van der Waals surface area contributed by atoms with Crippen LogP contribution in [0.5, 0.6) is 0 Å². The van der Waals surface area contributed by atoms with Crippen molar-refractivity contribution in [2.75, 3.05) is 20.6 Å². The minimum absolute atomic E-state index is 0.138. The number of nitrogens with zero attached hydrogens (tertiary/aromatic N) is 1. The van der Waals surface area contributed by atoms with Gasteiger partial charge < -0.3 is 4.90 Å². The second kappa shape index (κ2) is 6.04. The predicted molar refractivity (Wildman–Crippen MR) is 78.9 cm³/mol. The molecule has 0 saturated heterocycles. The van der Waals surface area contributed by atoms with E-state index in [0.717, 1.165) is 6.54 Å². The molecule has 106 valence electrons. The Kier molecular flexibility index (Phi) is 4.62. The lowest BCUT2D eigenvalue weighted by atomic mass is 9.65. The van der Waals surface area contributed by atoms with Crippen LogP contribution >= 0.6 is 0 Å². The molecule has 0 aromatic heterocycles. The first-order chi connectivity index (χ1) is 9.01. The molecule has 0 radical (unpaired) electrons. The van der Waals surface area contributed by atoms with Crippen LogP contribution in [0.4, 0.5) is 4.39 Å². The Labute approximate surface area is 116 Å². The fourth-order valence-electron chi connectivity index (χ4n) is 3.50. The molecule has 0 spiro atoms. The van der Waals surface area contributed by atoms with E-state index in [1.165, 1.54) is 37.7 Å². The van der Waals surface area contributed by atoms with Crippen LogP contribution in [0.15, 0.2) is 24.3 Å². The number of rotatable bonds is 4. The van der Waals surface area contributed by atoms with Gasteiger partial charge in [0.1, 0.15) is 5.82 Å². The SMILES string of the molecule is CN(C)CC(c1ccc(F)cc1)C1(C)CCCCC1. The lowest BCUT2D eigenvalue weighted by Crippen LogP contribution is -2.35. The van der Waals surface area contributed by atoms with E-state index in [9.17, 15) is 4.39 Å². The van der Waals surface area contributed by atoms with Crippen molar-refractivity contribution in [1.29, 1.82) is 0 Å². The standard InChI is InChI=1S/C17H26FN/c1-17(11-5-4-6-12-17)16(13-19(2)3)14-7-9-15(18)10-8-14/h7-10,16H,4-6,11-13H2,1-3H3. The van der Waals surface area contributed by atoms with Crippen LogP contribution in [-0.2, 0) is 0 Å². The maximum atomic E-state index is 13.1. The van der Waals surface area contributed by atoms with Crippen LogP contribution in [-0.4, -0.2) is 25.5 Å². The van der Waals surface area contributed by atoms with Gasteiger partial charge in [-0.05, 0) is 50.0 Å². The van der Waals surface area contributed by atoms with E-state index in [-0.39, 0.29) is 5.82 Å². The number of hydrogen-bond acceptors (Lipinski definition) is 1. The molecule has 0 heterocycles. The molecule has 0 aliphatic heterocycles. The molecule has 2 rings (SSSR count). The molecule has 1 fully saturated rings. The topological polar surface area (TPSA) is 3.24 Å². The van der Waals surface area contributed by atoms with Crippen molar-refractivity contribution in [2.24, 2.45) is 5.41 Å². The van der Waals surface area contributed by atoms with Crippen molar-refractivity contribution in [3.8, 4) is 0 Å². The summed E-state index contributed by atoms with van der Waals surface area (Å²) in [6, 6.07) is 7.15. The van der Waals surface area contributed by atoms with E-state index in [1.54, 1.807) is 12.1 Å². The number of likely N-dealkylation sites (N-methyl/N-ethyl adjacent to an activating group) is 1. The predicted octanol–water partition coefficient (Wildman–Crippen LogP) is 4.44. The summed E-state index contributed by atoms with van der Waals surface area (Å²) in [6.07, 6.45) is 6.63. The van der Waals surface area contributed by atoms with Gasteiger partial charge in [-0.25, -0.2) is 4.39 Å². The first kappa shape index (κ1) is 14.5. The average molecular weight is 263 g/mol. The van der Waals surface area contributed by atoms with Crippen molar-refractivity contribution in [1.82, 2.24) is 4.90 Å². The fraction of sp³-hybridized carbons (Fsp3) is 0.647. The first-order valence-electron chi connectivity index (χ1n) is 7.41. The van der Waals surface area contributed by atoms with E-state index >= 15 is 0 Å². The summed E-state index contributed by atoms with van der Waals surface area (Å²) in [5, 5.41) is 0. The molecule has 2 heteroatoms. The monoisotopic (exact) mass is 263 g/mol. The average Bonchev–Trinajstić information content (AvgIpc) is 2.38. The second-order valence-electron chi connectivity index (χ2n) is 6.58. The summed E-state index contributed by atoms with van der Waals surface area (Å²) in [6.45, 7) is 3.46. The summed E-state index contributed by atoms with van der Waals surface area (Å²) in [5.74, 6) is 0.365. The van der Waals surface area contributed by atoms with E-state index in [1.807, 2.05) is 12.1 Å². The molecule has 1 saturated carbocycles. The highest BCUT2D eigenvalue weighted by Gasteiger charge is 2.36. The minimum atomic E-state index is -0.138. The first-order valence-corrected chi connectivity index (χ1v) is 7.41. The molecule has 0 N–H and O–H groups in total. The number of benzene rings is 1. The Morgan fingerprint density at radius 3 is 2.21 bits per heavy atom. The normalized spacial score (nSPS) is 20.5. The molecule has 1 aromatic rings. The van der Waals surface area contributed by atoms with Crippen LogP contribution in [0.25, 0.3) is 0 Å². The highest BCUT2D eigenvalue weighted by molar-refractivity contribution is 5.23. The van der Waals surface area contributed by atoms with Crippen molar-refractivity contribution < 1.29 is 4.39 Å². The summed E-state index contributed by atoms with van der Waals surface area (Å²) >= 11 is 0. The lowest BCUT2D eigenvalue weighted by molar-refractivity contribution is 0.143. The molecule has 1 aliphatic carbocycles. The largest absolute Gasteiger partial charge is 0.309 e. The van der Waals surface area contributed by atoms with Gasteiger partial charge in [-0.3, -0.25) is 0 Å². The molecule has 1 atom stereocenters. The summed E-state index contributed by atoms with van der Waals surface area (Å²) in [4.78, 5) is 2.26. The maximum Gasteiger partial charge on any atom is 0.123 e. The van der Waals surface area contributed by atoms with Gasteiger partial charge >= 0.3 is 0 Å². The molecule has 1 aromatic carbocycles. The third-order valence-corrected chi connectivity index (χ3v) is 4.66. The smallest absolute Gasteiger partial charge is 0.123 e. The van der Waals surface area contributed by atoms with Gasteiger partial charge in [0, 0.05) is 12.5 Å². The summed E-state index contributed by atoms with van der Waals surface area (Å²) < 4.78 is 13.1.